The Balaban J connectivity index is 1.52. The second-order valence-electron chi connectivity index (χ2n) is 7.79. The van der Waals surface area contributed by atoms with Crippen molar-refractivity contribution in [1.82, 2.24) is 25.6 Å². The van der Waals surface area contributed by atoms with E-state index in [-0.39, 0.29) is 18.4 Å². The van der Waals surface area contributed by atoms with Crippen LogP contribution in [-0.4, -0.2) is 39.3 Å². The highest BCUT2D eigenvalue weighted by Gasteiger charge is 2.20. The number of anilines is 1. The third-order valence-electron chi connectivity index (χ3n) is 5.22. The third-order valence-corrected chi connectivity index (χ3v) is 5.22. The van der Waals surface area contributed by atoms with Gasteiger partial charge in [-0.3, -0.25) is 4.79 Å². The van der Waals surface area contributed by atoms with E-state index in [0.717, 1.165) is 37.2 Å². The second kappa shape index (κ2) is 9.02. The number of carbonyl (C=O) groups excluding carboxylic acids is 1. The Labute approximate surface area is 175 Å². The molecular weight excluding hydrogens is 380 g/mol. The van der Waals surface area contributed by atoms with Crippen LogP contribution >= 0.6 is 0 Å². The van der Waals surface area contributed by atoms with E-state index in [4.69, 9.17) is 9.61 Å². The van der Waals surface area contributed by atoms with E-state index < -0.39 is 0 Å². The highest BCUT2D eigenvalue weighted by atomic mass is 16.6. The van der Waals surface area contributed by atoms with Gasteiger partial charge >= 0.3 is 0 Å². The van der Waals surface area contributed by atoms with Gasteiger partial charge < -0.3 is 10.2 Å². The van der Waals surface area contributed by atoms with Crippen LogP contribution in [0.2, 0.25) is 0 Å². The van der Waals surface area contributed by atoms with Crippen molar-refractivity contribution < 1.29 is 9.42 Å². The van der Waals surface area contributed by atoms with Crippen LogP contribution in [0, 0.1) is 0 Å². The van der Waals surface area contributed by atoms with Gasteiger partial charge in [-0.15, -0.1) is 0 Å². The van der Waals surface area contributed by atoms with Crippen molar-refractivity contribution in [3.8, 4) is 11.3 Å². The molecule has 2 aromatic heterocycles. The van der Waals surface area contributed by atoms with Gasteiger partial charge in [-0.05, 0) is 36.4 Å². The molecule has 1 aromatic carbocycles. The minimum Gasteiger partial charge on any atom is -0.345 e. The Morgan fingerprint density at radius 1 is 1.10 bits per heavy atom. The molecule has 3 heterocycles. The predicted octanol–water partition coefficient (Wildman–Crippen LogP) is 3.57. The molecule has 1 aliphatic heterocycles. The summed E-state index contributed by atoms with van der Waals surface area (Å²) in [7, 11) is 0. The van der Waals surface area contributed by atoms with Crippen molar-refractivity contribution >= 4 is 11.9 Å². The highest BCUT2D eigenvalue weighted by Crippen LogP contribution is 2.22. The Kier molecular flexibility index (Phi) is 6.02. The summed E-state index contributed by atoms with van der Waals surface area (Å²) in [4.78, 5) is 24.3. The summed E-state index contributed by atoms with van der Waals surface area (Å²) in [6, 6.07) is 11.4. The number of benzene rings is 1. The number of rotatable bonds is 6. The summed E-state index contributed by atoms with van der Waals surface area (Å²) in [5.74, 6) is 0.575. The second-order valence-corrected chi connectivity index (χ2v) is 7.79. The molecule has 156 valence electrons. The molecule has 0 unspecified atom stereocenters. The van der Waals surface area contributed by atoms with Crippen molar-refractivity contribution in [3.05, 3.63) is 53.5 Å². The average Bonchev–Trinajstić information content (AvgIpc) is 3.27. The zero-order chi connectivity index (χ0) is 20.9. The highest BCUT2D eigenvalue weighted by molar-refractivity contribution is 5.92. The van der Waals surface area contributed by atoms with Crippen LogP contribution in [0.4, 0.5) is 5.95 Å². The maximum absolute atomic E-state index is 12.9. The van der Waals surface area contributed by atoms with Crippen molar-refractivity contribution in [2.24, 2.45) is 0 Å². The SMILES string of the molecule is CC(C)c1cc(C(=O)NCc2nonc2-c2ccccc2)nc(N2CCCCC2)n1. The zero-order valence-electron chi connectivity index (χ0n) is 17.3. The largest absolute Gasteiger partial charge is 0.345 e. The van der Waals surface area contributed by atoms with Crippen molar-refractivity contribution in [1.29, 1.82) is 0 Å². The molecule has 1 aliphatic rings. The van der Waals surface area contributed by atoms with E-state index in [1.54, 1.807) is 6.07 Å². The average molecular weight is 406 g/mol. The molecule has 1 fully saturated rings. The number of nitrogens with one attached hydrogen (secondary N) is 1. The number of piperidine rings is 1. The standard InChI is InChI=1S/C22H26N6O2/c1-15(2)17-13-18(25-22(24-17)28-11-7-4-8-12-28)21(29)23-14-19-20(27-30-26-19)16-9-5-3-6-10-16/h3,5-6,9-10,13,15H,4,7-8,11-12,14H2,1-2H3,(H,23,29). The quantitative estimate of drug-likeness (QED) is 0.668. The summed E-state index contributed by atoms with van der Waals surface area (Å²) >= 11 is 0. The molecule has 1 N–H and O–H groups in total. The van der Waals surface area contributed by atoms with Gasteiger partial charge in [0, 0.05) is 24.3 Å². The smallest absolute Gasteiger partial charge is 0.270 e. The summed E-state index contributed by atoms with van der Waals surface area (Å²) < 4.78 is 4.90. The summed E-state index contributed by atoms with van der Waals surface area (Å²) in [5, 5.41) is 10.8. The van der Waals surface area contributed by atoms with E-state index in [0.29, 0.717) is 23.0 Å². The van der Waals surface area contributed by atoms with Crippen LogP contribution in [0.3, 0.4) is 0 Å². The molecule has 8 heteroatoms. The van der Waals surface area contributed by atoms with E-state index in [2.05, 4.69) is 39.4 Å². The van der Waals surface area contributed by atoms with Crippen LogP contribution in [0.1, 0.15) is 60.9 Å². The molecule has 0 spiro atoms. The number of nitrogens with zero attached hydrogens (tertiary/aromatic N) is 5. The molecule has 3 aromatic rings. The van der Waals surface area contributed by atoms with E-state index >= 15 is 0 Å². The Morgan fingerprint density at radius 2 is 1.87 bits per heavy atom. The predicted molar refractivity (Wildman–Crippen MR) is 113 cm³/mol. The Hall–Kier alpha value is -3.29. The van der Waals surface area contributed by atoms with Gasteiger partial charge in [0.1, 0.15) is 17.1 Å². The van der Waals surface area contributed by atoms with Crippen molar-refractivity contribution in [2.75, 3.05) is 18.0 Å². The van der Waals surface area contributed by atoms with E-state index in [1.807, 2.05) is 30.3 Å². The molecule has 0 radical (unpaired) electrons. The van der Waals surface area contributed by atoms with E-state index in [9.17, 15) is 4.79 Å². The fraction of sp³-hybridized carbons (Fsp3) is 0.409. The van der Waals surface area contributed by atoms with Crippen LogP contribution in [0.15, 0.2) is 41.0 Å². The van der Waals surface area contributed by atoms with Crippen molar-refractivity contribution in [2.45, 2.75) is 45.6 Å². The molecular formula is C22H26N6O2. The summed E-state index contributed by atoms with van der Waals surface area (Å²) in [6.45, 7) is 6.18. The fourth-order valence-corrected chi connectivity index (χ4v) is 3.49. The number of aromatic nitrogens is 4. The van der Waals surface area contributed by atoms with Gasteiger partial charge in [0.15, 0.2) is 0 Å². The molecule has 0 saturated carbocycles. The molecule has 0 atom stereocenters. The van der Waals surface area contributed by atoms with Crippen LogP contribution in [0.25, 0.3) is 11.3 Å². The first-order chi connectivity index (χ1) is 14.6. The molecule has 8 nitrogen and oxygen atoms in total. The summed E-state index contributed by atoms with van der Waals surface area (Å²) in [6.07, 6.45) is 3.47. The maximum atomic E-state index is 12.9. The molecule has 30 heavy (non-hydrogen) atoms. The lowest BCUT2D eigenvalue weighted by molar-refractivity contribution is 0.0944. The van der Waals surface area contributed by atoms with Crippen LogP contribution in [-0.2, 0) is 6.54 Å². The fourth-order valence-electron chi connectivity index (χ4n) is 3.49. The minimum atomic E-state index is -0.264. The normalized spacial score (nSPS) is 14.2. The van der Waals surface area contributed by atoms with Crippen LogP contribution in [0.5, 0.6) is 0 Å². The lowest BCUT2D eigenvalue weighted by Gasteiger charge is -2.27. The number of amides is 1. The molecule has 0 bridgehead atoms. The van der Waals surface area contributed by atoms with Crippen LogP contribution < -0.4 is 10.2 Å². The van der Waals surface area contributed by atoms with Crippen molar-refractivity contribution in [3.63, 3.8) is 0 Å². The molecule has 4 rings (SSSR count). The molecule has 1 amide bonds. The summed E-state index contributed by atoms with van der Waals surface area (Å²) in [5.41, 5.74) is 3.31. The number of hydrogen-bond acceptors (Lipinski definition) is 7. The van der Waals surface area contributed by atoms with Gasteiger partial charge in [0.05, 0.1) is 6.54 Å². The van der Waals surface area contributed by atoms with Gasteiger partial charge in [-0.1, -0.05) is 49.3 Å². The molecule has 1 saturated heterocycles. The maximum Gasteiger partial charge on any atom is 0.270 e. The first-order valence-corrected chi connectivity index (χ1v) is 10.4. The zero-order valence-corrected chi connectivity index (χ0v) is 17.3. The first kappa shape index (κ1) is 20.0. The monoisotopic (exact) mass is 406 g/mol. The topological polar surface area (TPSA) is 97.0 Å². The molecule has 0 aliphatic carbocycles. The van der Waals surface area contributed by atoms with E-state index in [1.165, 1.54) is 6.42 Å². The van der Waals surface area contributed by atoms with Gasteiger partial charge in [0.2, 0.25) is 5.95 Å². The lowest BCUT2D eigenvalue weighted by atomic mass is 10.1. The third kappa shape index (κ3) is 4.48. The van der Waals surface area contributed by atoms with Gasteiger partial charge in [-0.2, -0.15) is 0 Å². The Bertz CT molecular complexity index is 996. The number of carbonyl (C=O) groups is 1. The van der Waals surface area contributed by atoms with Gasteiger partial charge in [0.25, 0.3) is 5.91 Å². The first-order valence-electron chi connectivity index (χ1n) is 10.4. The number of hydrogen-bond donors (Lipinski definition) is 1. The van der Waals surface area contributed by atoms with Gasteiger partial charge in [-0.25, -0.2) is 14.6 Å². The lowest BCUT2D eigenvalue weighted by Crippen LogP contribution is -2.32. The minimum absolute atomic E-state index is 0.201. The Morgan fingerprint density at radius 3 is 2.60 bits per heavy atom.